The Balaban J connectivity index is 1.59. The third-order valence-electron chi connectivity index (χ3n) is 3.80. The van der Waals surface area contributed by atoms with Crippen LogP contribution in [0, 0.1) is 6.92 Å². The molecule has 0 N–H and O–H groups in total. The van der Waals surface area contributed by atoms with Gasteiger partial charge in [-0.25, -0.2) is 0 Å². The van der Waals surface area contributed by atoms with Gasteiger partial charge in [-0.15, -0.1) is 10.2 Å². The minimum Gasteiger partial charge on any atom is -0.347 e. The van der Waals surface area contributed by atoms with Crippen LogP contribution in [0.25, 0.3) is 0 Å². The van der Waals surface area contributed by atoms with Gasteiger partial charge in [0.05, 0.1) is 0 Å². The van der Waals surface area contributed by atoms with E-state index in [0.717, 1.165) is 55.5 Å². The van der Waals surface area contributed by atoms with Gasteiger partial charge in [0.2, 0.25) is 11.0 Å². The molecule has 2 fully saturated rings. The molecule has 0 radical (unpaired) electrons. The van der Waals surface area contributed by atoms with E-state index in [2.05, 4.69) is 20.0 Å². The molecule has 2 saturated heterocycles. The Morgan fingerprint density at radius 3 is 2.56 bits per heavy atom. The maximum absolute atomic E-state index is 11.7. The normalized spacial score (nSPS) is 21.9. The largest absolute Gasteiger partial charge is 0.347 e. The topological polar surface area (TPSA) is 49.3 Å². The van der Waals surface area contributed by atoms with Gasteiger partial charge in [0.25, 0.3) is 0 Å². The molecule has 3 heterocycles. The second-order valence-corrected chi connectivity index (χ2v) is 6.17. The number of hydrogen-bond donors (Lipinski definition) is 0. The molecule has 1 amide bonds. The number of aromatic nitrogens is 2. The van der Waals surface area contributed by atoms with Crippen molar-refractivity contribution in [2.75, 3.05) is 24.5 Å². The average Bonchev–Trinajstić information content (AvgIpc) is 2.98. The maximum Gasteiger partial charge on any atom is 0.222 e. The molecule has 5 nitrogen and oxygen atoms in total. The third kappa shape index (κ3) is 2.21. The number of hydrogen-bond acceptors (Lipinski definition) is 5. The molecule has 6 heteroatoms. The van der Waals surface area contributed by atoms with Crippen LogP contribution in [-0.4, -0.2) is 46.7 Å². The molecule has 1 aromatic rings. The zero-order valence-corrected chi connectivity index (χ0v) is 11.4. The maximum atomic E-state index is 11.7. The second-order valence-electron chi connectivity index (χ2n) is 5.01. The van der Waals surface area contributed by atoms with Gasteiger partial charge >= 0.3 is 0 Å². The van der Waals surface area contributed by atoms with Crippen LogP contribution >= 0.6 is 11.3 Å². The van der Waals surface area contributed by atoms with Crippen molar-refractivity contribution in [3.63, 3.8) is 0 Å². The summed E-state index contributed by atoms with van der Waals surface area (Å²) in [6, 6.07) is 0.449. The standard InChI is InChI=1S/C12H18N4OS/c1-9-13-14-12(18-9)15-7-4-10(5-8-15)16-6-2-3-11(16)17/h10H,2-8H2,1H3. The van der Waals surface area contributed by atoms with Crippen LogP contribution in [0.1, 0.15) is 30.7 Å². The number of carbonyl (C=O) groups is 1. The lowest BCUT2D eigenvalue weighted by Gasteiger charge is -2.36. The van der Waals surface area contributed by atoms with Crippen molar-refractivity contribution in [2.24, 2.45) is 0 Å². The third-order valence-corrected chi connectivity index (χ3v) is 4.70. The van der Waals surface area contributed by atoms with Gasteiger partial charge in [-0.2, -0.15) is 0 Å². The molecule has 0 saturated carbocycles. The predicted molar refractivity (Wildman–Crippen MR) is 70.8 cm³/mol. The first-order chi connectivity index (χ1) is 8.74. The Kier molecular flexibility index (Phi) is 3.20. The zero-order valence-electron chi connectivity index (χ0n) is 10.6. The fourth-order valence-corrected chi connectivity index (χ4v) is 3.58. The summed E-state index contributed by atoms with van der Waals surface area (Å²) >= 11 is 1.65. The average molecular weight is 266 g/mol. The summed E-state index contributed by atoms with van der Waals surface area (Å²) in [5, 5.41) is 10.3. The van der Waals surface area contributed by atoms with Crippen molar-refractivity contribution in [2.45, 2.75) is 38.6 Å². The lowest BCUT2D eigenvalue weighted by molar-refractivity contribution is -0.130. The van der Waals surface area contributed by atoms with E-state index in [9.17, 15) is 4.79 Å². The van der Waals surface area contributed by atoms with Crippen LogP contribution < -0.4 is 4.90 Å². The highest BCUT2D eigenvalue weighted by Crippen LogP contribution is 2.27. The zero-order chi connectivity index (χ0) is 12.5. The van der Waals surface area contributed by atoms with E-state index in [-0.39, 0.29) is 0 Å². The Bertz CT molecular complexity index is 439. The molecular weight excluding hydrogens is 248 g/mol. The highest BCUT2D eigenvalue weighted by atomic mass is 32.1. The van der Waals surface area contributed by atoms with Crippen LogP contribution in [0.2, 0.25) is 0 Å². The fraction of sp³-hybridized carbons (Fsp3) is 0.750. The van der Waals surface area contributed by atoms with Crippen LogP contribution in [0.5, 0.6) is 0 Å². The first-order valence-electron chi connectivity index (χ1n) is 6.58. The minimum atomic E-state index is 0.347. The van der Waals surface area contributed by atoms with Crippen molar-refractivity contribution in [1.82, 2.24) is 15.1 Å². The number of anilines is 1. The summed E-state index contributed by atoms with van der Waals surface area (Å²) in [6.45, 7) is 4.92. The summed E-state index contributed by atoms with van der Waals surface area (Å²) in [7, 11) is 0. The van der Waals surface area contributed by atoms with Gasteiger partial charge in [0.15, 0.2) is 0 Å². The van der Waals surface area contributed by atoms with Gasteiger partial charge in [-0.3, -0.25) is 4.79 Å². The Morgan fingerprint density at radius 2 is 2.00 bits per heavy atom. The summed E-state index contributed by atoms with van der Waals surface area (Å²) in [4.78, 5) is 16.1. The molecule has 0 spiro atoms. The number of piperidine rings is 1. The van der Waals surface area contributed by atoms with Crippen LogP contribution in [-0.2, 0) is 4.79 Å². The lowest BCUT2D eigenvalue weighted by atomic mass is 10.0. The van der Waals surface area contributed by atoms with Gasteiger partial charge in [-0.05, 0) is 26.2 Å². The molecule has 2 aliphatic heterocycles. The summed E-state index contributed by atoms with van der Waals surface area (Å²) in [5.74, 6) is 0.347. The molecule has 3 rings (SSSR count). The Morgan fingerprint density at radius 1 is 1.22 bits per heavy atom. The van der Waals surface area contributed by atoms with E-state index >= 15 is 0 Å². The molecule has 98 valence electrons. The number of likely N-dealkylation sites (tertiary alicyclic amines) is 1. The number of nitrogens with zero attached hydrogens (tertiary/aromatic N) is 4. The number of aryl methyl sites for hydroxylation is 1. The molecule has 0 unspecified atom stereocenters. The SMILES string of the molecule is Cc1nnc(N2CCC(N3CCCC3=O)CC2)s1. The van der Waals surface area contributed by atoms with Crippen molar-refractivity contribution >= 4 is 22.4 Å². The molecule has 0 bridgehead atoms. The fourth-order valence-electron chi connectivity index (χ4n) is 2.84. The van der Waals surface area contributed by atoms with Crippen LogP contribution in [0.3, 0.4) is 0 Å². The smallest absolute Gasteiger partial charge is 0.222 e. The van der Waals surface area contributed by atoms with Crippen LogP contribution in [0.15, 0.2) is 0 Å². The van der Waals surface area contributed by atoms with Crippen molar-refractivity contribution < 1.29 is 4.79 Å². The number of rotatable bonds is 2. The molecule has 2 aliphatic rings. The molecule has 0 aromatic carbocycles. The van der Waals surface area contributed by atoms with Gasteiger partial charge in [0, 0.05) is 32.1 Å². The van der Waals surface area contributed by atoms with Crippen molar-refractivity contribution in [3.8, 4) is 0 Å². The molecule has 0 aliphatic carbocycles. The first-order valence-corrected chi connectivity index (χ1v) is 7.40. The molecule has 1 aromatic heterocycles. The highest BCUT2D eigenvalue weighted by molar-refractivity contribution is 7.15. The highest BCUT2D eigenvalue weighted by Gasteiger charge is 2.31. The lowest BCUT2D eigenvalue weighted by Crippen LogP contribution is -2.45. The minimum absolute atomic E-state index is 0.347. The van der Waals surface area contributed by atoms with Crippen LogP contribution in [0.4, 0.5) is 5.13 Å². The van der Waals surface area contributed by atoms with Gasteiger partial charge in [-0.1, -0.05) is 11.3 Å². The number of carbonyl (C=O) groups excluding carboxylic acids is 1. The van der Waals surface area contributed by atoms with E-state index in [0.29, 0.717) is 11.9 Å². The van der Waals surface area contributed by atoms with E-state index in [1.165, 1.54) is 0 Å². The summed E-state index contributed by atoms with van der Waals surface area (Å²) in [5.41, 5.74) is 0. The molecular formula is C12H18N4OS. The van der Waals surface area contributed by atoms with E-state index in [4.69, 9.17) is 0 Å². The van der Waals surface area contributed by atoms with E-state index < -0.39 is 0 Å². The quantitative estimate of drug-likeness (QED) is 0.812. The van der Waals surface area contributed by atoms with Crippen molar-refractivity contribution in [3.05, 3.63) is 5.01 Å². The molecule has 18 heavy (non-hydrogen) atoms. The first kappa shape index (κ1) is 11.9. The summed E-state index contributed by atoms with van der Waals surface area (Å²) in [6.07, 6.45) is 3.90. The predicted octanol–water partition coefficient (Wildman–Crippen LogP) is 1.44. The number of amides is 1. The Labute approximate surface area is 111 Å². The molecule has 0 atom stereocenters. The Hall–Kier alpha value is -1.17. The van der Waals surface area contributed by atoms with E-state index in [1.807, 2.05) is 6.92 Å². The summed E-state index contributed by atoms with van der Waals surface area (Å²) < 4.78 is 0. The van der Waals surface area contributed by atoms with Gasteiger partial charge in [0.1, 0.15) is 5.01 Å². The second kappa shape index (κ2) is 4.84. The monoisotopic (exact) mass is 266 g/mol. The van der Waals surface area contributed by atoms with E-state index in [1.54, 1.807) is 11.3 Å². The van der Waals surface area contributed by atoms with Gasteiger partial charge < -0.3 is 9.80 Å². The van der Waals surface area contributed by atoms with Crippen molar-refractivity contribution in [1.29, 1.82) is 0 Å².